The maximum atomic E-state index is 13.0. The third-order valence-corrected chi connectivity index (χ3v) is 4.96. The van der Waals surface area contributed by atoms with Crippen molar-refractivity contribution in [2.75, 3.05) is 19.5 Å². The SMILES string of the molecule is CNC(=O)c1cc(Oc2ccc(CNC(=O)Nc3cc(C(F)(F)F)ccc3OC)c(C)c2)ccn1. The van der Waals surface area contributed by atoms with Gasteiger partial charge in [0.2, 0.25) is 0 Å². The molecular formula is C24H23F3N4O4. The molecule has 0 saturated heterocycles. The Morgan fingerprint density at radius 2 is 1.77 bits per heavy atom. The van der Waals surface area contributed by atoms with Crippen molar-refractivity contribution in [2.45, 2.75) is 19.6 Å². The van der Waals surface area contributed by atoms with E-state index in [1.807, 2.05) is 6.92 Å². The van der Waals surface area contributed by atoms with Gasteiger partial charge in [0.05, 0.1) is 18.4 Å². The Labute approximate surface area is 199 Å². The van der Waals surface area contributed by atoms with E-state index in [1.54, 1.807) is 24.3 Å². The number of pyridine rings is 1. The molecule has 0 aliphatic rings. The minimum atomic E-state index is -4.56. The highest BCUT2D eigenvalue weighted by Gasteiger charge is 2.31. The number of methoxy groups -OCH3 is 1. The van der Waals surface area contributed by atoms with Gasteiger partial charge in [-0.15, -0.1) is 0 Å². The van der Waals surface area contributed by atoms with E-state index in [0.717, 1.165) is 29.3 Å². The molecule has 0 spiro atoms. The molecule has 3 aromatic rings. The van der Waals surface area contributed by atoms with Gasteiger partial charge in [-0.25, -0.2) is 4.79 Å². The second kappa shape index (κ2) is 10.8. The zero-order valence-corrected chi connectivity index (χ0v) is 19.1. The molecule has 0 bridgehead atoms. The molecule has 0 unspecified atom stereocenters. The van der Waals surface area contributed by atoms with Crippen molar-refractivity contribution in [3.05, 3.63) is 77.1 Å². The summed E-state index contributed by atoms with van der Waals surface area (Å²) in [5.41, 5.74) is 0.778. The summed E-state index contributed by atoms with van der Waals surface area (Å²) in [6.07, 6.45) is -3.09. The van der Waals surface area contributed by atoms with Crippen molar-refractivity contribution in [1.29, 1.82) is 0 Å². The lowest BCUT2D eigenvalue weighted by Gasteiger charge is -2.15. The summed E-state index contributed by atoms with van der Waals surface area (Å²) in [5.74, 6) is 0.701. The van der Waals surface area contributed by atoms with Crippen LogP contribution in [-0.4, -0.2) is 31.1 Å². The number of carbonyl (C=O) groups is 2. The van der Waals surface area contributed by atoms with E-state index in [4.69, 9.17) is 9.47 Å². The zero-order valence-electron chi connectivity index (χ0n) is 19.1. The number of anilines is 1. The van der Waals surface area contributed by atoms with Crippen LogP contribution in [0.15, 0.2) is 54.7 Å². The molecule has 35 heavy (non-hydrogen) atoms. The fourth-order valence-corrected chi connectivity index (χ4v) is 3.12. The molecule has 3 N–H and O–H groups in total. The number of carbonyl (C=O) groups excluding carboxylic acids is 2. The molecule has 2 aromatic carbocycles. The van der Waals surface area contributed by atoms with Crippen molar-refractivity contribution >= 4 is 17.6 Å². The number of rotatable bonds is 7. The van der Waals surface area contributed by atoms with Gasteiger partial charge in [0.1, 0.15) is 22.9 Å². The molecule has 8 nitrogen and oxygen atoms in total. The zero-order chi connectivity index (χ0) is 25.6. The number of benzene rings is 2. The maximum Gasteiger partial charge on any atom is 0.416 e. The number of urea groups is 1. The Hall–Kier alpha value is -4.28. The topological polar surface area (TPSA) is 102 Å². The second-order valence-corrected chi connectivity index (χ2v) is 7.37. The summed E-state index contributed by atoms with van der Waals surface area (Å²) in [7, 11) is 2.80. The summed E-state index contributed by atoms with van der Waals surface area (Å²) in [6.45, 7) is 1.94. The highest BCUT2D eigenvalue weighted by Crippen LogP contribution is 2.35. The molecule has 0 radical (unpaired) electrons. The van der Waals surface area contributed by atoms with Gasteiger partial charge in [-0.3, -0.25) is 9.78 Å². The fraction of sp³-hybridized carbons (Fsp3) is 0.208. The van der Waals surface area contributed by atoms with Crippen molar-refractivity contribution < 1.29 is 32.2 Å². The Bertz CT molecular complexity index is 1230. The van der Waals surface area contributed by atoms with E-state index in [9.17, 15) is 22.8 Å². The largest absolute Gasteiger partial charge is 0.495 e. The Balaban J connectivity index is 1.64. The molecule has 3 rings (SSSR count). The van der Waals surface area contributed by atoms with E-state index in [2.05, 4.69) is 20.9 Å². The van der Waals surface area contributed by atoms with Gasteiger partial charge in [-0.2, -0.15) is 13.2 Å². The molecule has 0 aliphatic carbocycles. The Morgan fingerprint density at radius 3 is 2.43 bits per heavy atom. The smallest absolute Gasteiger partial charge is 0.416 e. The van der Waals surface area contributed by atoms with Crippen LogP contribution >= 0.6 is 0 Å². The van der Waals surface area contributed by atoms with Gasteiger partial charge >= 0.3 is 12.2 Å². The van der Waals surface area contributed by atoms with E-state index < -0.39 is 17.8 Å². The summed E-state index contributed by atoms with van der Waals surface area (Å²) < 4.78 is 49.8. The predicted octanol–water partition coefficient (Wildman–Crippen LogP) is 4.89. The number of aromatic nitrogens is 1. The van der Waals surface area contributed by atoms with Crippen LogP contribution in [0.5, 0.6) is 17.2 Å². The van der Waals surface area contributed by atoms with E-state index in [1.165, 1.54) is 26.4 Å². The number of ether oxygens (including phenoxy) is 2. The highest BCUT2D eigenvalue weighted by molar-refractivity contribution is 5.92. The van der Waals surface area contributed by atoms with Crippen LogP contribution < -0.4 is 25.4 Å². The summed E-state index contributed by atoms with van der Waals surface area (Å²) in [4.78, 5) is 28.0. The molecule has 3 amide bonds. The van der Waals surface area contributed by atoms with Gasteiger partial charge in [0, 0.05) is 25.9 Å². The van der Waals surface area contributed by atoms with Crippen LogP contribution in [0.1, 0.15) is 27.2 Å². The predicted molar refractivity (Wildman–Crippen MR) is 123 cm³/mol. The lowest BCUT2D eigenvalue weighted by atomic mass is 10.1. The number of amides is 3. The molecule has 0 aliphatic heterocycles. The van der Waals surface area contributed by atoms with E-state index in [0.29, 0.717) is 11.5 Å². The molecule has 1 aromatic heterocycles. The summed E-state index contributed by atoms with van der Waals surface area (Å²) in [6, 6.07) is 10.5. The molecule has 0 atom stereocenters. The standard InChI is InChI=1S/C24H23F3N4O4/c1-14-10-17(35-18-8-9-29-20(12-18)22(32)28-2)6-4-15(14)13-30-23(33)31-19-11-16(24(25,26)27)5-7-21(19)34-3/h4-12H,13H2,1-3H3,(H,28,32)(H2,30,31,33). The first-order chi connectivity index (χ1) is 16.6. The van der Waals surface area contributed by atoms with Crippen LogP contribution in [0.25, 0.3) is 0 Å². The number of hydrogen-bond donors (Lipinski definition) is 3. The average molecular weight is 488 g/mol. The van der Waals surface area contributed by atoms with E-state index in [-0.39, 0.29) is 29.6 Å². The first kappa shape index (κ1) is 25.3. The van der Waals surface area contributed by atoms with Crippen molar-refractivity contribution in [3.63, 3.8) is 0 Å². The molecule has 11 heteroatoms. The summed E-state index contributed by atoms with van der Waals surface area (Å²) >= 11 is 0. The number of alkyl halides is 3. The minimum absolute atomic E-state index is 0.0986. The molecule has 1 heterocycles. The molecular weight excluding hydrogens is 465 g/mol. The monoisotopic (exact) mass is 488 g/mol. The maximum absolute atomic E-state index is 13.0. The highest BCUT2D eigenvalue weighted by atomic mass is 19.4. The van der Waals surface area contributed by atoms with Crippen LogP contribution in [0.2, 0.25) is 0 Å². The average Bonchev–Trinajstić information content (AvgIpc) is 2.82. The molecule has 0 fully saturated rings. The van der Waals surface area contributed by atoms with Crippen LogP contribution in [0, 0.1) is 6.92 Å². The normalized spacial score (nSPS) is 10.9. The second-order valence-electron chi connectivity index (χ2n) is 7.37. The first-order valence-electron chi connectivity index (χ1n) is 10.4. The minimum Gasteiger partial charge on any atom is -0.495 e. The van der Waals surface area contributed by atoms with Crippen molar-refractivity contribution in [3.8, 4) is 17.2 Å². The van der Waals surface area contributed by atoms with E-state index >= 15 is 0 Å². The lowest BCUT2D eigenvalue weighted by molar-refractivity contribution is -0.137. The Morgan fingerprint density at radius 1 is 1.03 bits per heavy atom. The van der Waals surface area contributed by atoms with Crippen LogP contribution in [-0.2, 0) is 12.7 Å². The van der Waals surface area contributed by atoms with Gasteiger partial charge in [-0.1, -0.05) is 6.07 Å². The number of nitrogens with zero attached hydrogens (tertiary/aromatic N) is 1. The molecule has 0 saturated carbocycles. The van der Waals surface area contributed by atoms with Gasteiger partial charge in [0.25, 0.3) is 5.91 Å². The third-order valence-electron chi connectivity index (χ3n) is 4.96. The lowest BCUT2D eigenvalue weighted by Crippen LogP contribution is -2.28. The van der Waals surface area contributed by atoms with Gasteiger partial charge in [-0.05, 0) is 54.4 Å². The van der Waals surface area contributed by atoms with Crippen LogP contribution in [0.4, 0.5) is 23.7 Å². The first-order valence-corrected chi connectivity index (χ1v) is 10.4. The Kier molecular flexibility index (Phi) is 7.80. The van der Waals surface area contributed by atoms with Gasteiger partial charge in [0.15, 0.2) is 0 Å². The number of halogens is 3. The number of aryl methyl sites for hydroxylation is 1. The fourth-order valence-electron chi connectivity index (χ4n) is 3.12. The number of hydrogen-bond acceptors (Lipinski definition) is 5. The van der Waals surface area contributed by atoms with Gasteiger partial charge < -0.3 is 25.4 Å². The van der Waals surface area contributed by atoms with Crippen molar-refractivity contribution in [2.24, 2.45) is 0 Å². The third kappa shape index (κ3) is 6.62. The summed E-state index contributed by atoms with van der Waals surface area (Å²) in [5, 5.41) is 7.49. The van der Waals surface area contributed by atoms with Crippen molar-refractivity contribution in [1.82, 2.24) is 15.6 Å². The van der Waals surface area contributed by atoms with Crippen LogP contribution in [0.3, 0.4) is 0 Å². The number of nitrogens with one attached hydrogen (secondary N) is 3. The quantitative estimate of drug-likeness (QED) is 0.440. The molecule has 184 valence electrons.